The first-order chi connectivity index (χ1) is 22.9. The lowest BCUT2D eigenvalue weighted by Gasteiger charge is -2.48. The van der Waals surface area contributed by atoms with Crippen molar-refractivity contribution in [2.45, 2.75) is 92.9 Å². The van der Waals surface area contributed by atoms with E-state index in [2.05, 4.69) is 20.7 Å². The van der Waals surface area contributed by atoms with Crippen LogP contribution in [0.1, 0.15) is 69.4 Å². The maximum atomic E-state index is 17.2. The van der Waals surface area contributed by atoms with Gasteiger partial charge in [-0.1, -0.05) is 6.42 Å². The summed E-state index contributed by atoms with van der Waals surface area (Å²) in [6.45, 7) is 5.59. The Balaban J connectivity index is 1.15. The molecular formula is C34H46ClF2N7O3. The number of aromatic nitrogens is 3. The molecule has 9 heterocycles. The molecule has 2 aromatic heterocycles. The van der Waals surface area contributed by atoms with E-state index in [1.54, 1.807) is 6.20 Å². The van der Waals surface area contributed by atoms with Crippen LogP contribution in [0.15, 0.2) is 6.20 Å². The number of pyridine rings is 1. The highest BCUT2D eigenvalue weighted by molar-refractivity contribution is 6.21. The fourth-order valence-electron chi connectivity index (χ4n) is 10.3. The number of hydrogen-bond donors (Lipinski definition) is 2. The maximum Gasteiger partial charge on any atom is 0.319 e. The summed E-state index contributed by atoms with van der Waals surface area (Å²) >= 11 is 7.13. The molecular weight excluding hydrogens is 628 g/mol. The van der Waals surface area contributed by atoms with Gasteiger partial charge < -0.3 is 19.1 Å². The molecule has 5 unspecified atom stereocenters. The molecule has 10 nitrogen and oxygen atoms in total. The first kappa shape index (κ1) is 31.1. The van der Waals surface area contributed by atoms with Gasteiger partial charge in [-0.3, -0.25) is 20.7 Å². The average Bonchev–Trinajstić information content (AvgIpc) is 3.69. The van der Waals surface area contributed by atoms with E-state index in [0.717, 1.165) is 77.6 Å². The van der Waals surface area contributed by atoms with Crippen molar-refractivity contribution in [3.8, 4) is 6.01 Å². The van der Waals surface area contributed by atoms with Gasteiger partial charge in [-0.2, -0.15) is 9.97 Å². The zero-order valence-corrected chi connectivity index (χ0v) is 27.7. The molecule has 7 atom stereocenters. The van der Waals surface area contributed by atoms with Crippen LogP contribution < -0.4 is 20.5 Å². The maximum absolute atomic E-state index is 17.2. The molecule has 2 aromatic rings. The number of nitrogens with one attached hydrogen (secondary N) is 2. The highest BCUT2D eigenvalue weighted by Gasteiger charge is 2.51. The number of ether oxygens (including phenoxy) is 3. The van der Waals surface area contributed by atoms with E-state index in [1.165, 1.54) is 0 Å². The minimum atomic E-state index is -0.865. The third kappa shape index (κ3) is 5.40. The molecule has 11 rings (SSSR count). The molecule has 256 valence electrons. The molecule has 47 heavy (non-hydrogen) atoms. The van der Waals surface area contributed by atoms with Gasteiger partial charge in [-0.25, -0.2) is 8.78 Å². The normalized spacial score (nSPS) is 40.5. The number of nitrogens with zero attached hydrogens (tertiary/aromatic N) is 5. The Kier molecular flexibility index (Phi) is 8.01. The third-order valence-corrected chi connectivity index (χ3v) is 13.1. The number of hydrazine groups is 1. The lowest BCUT2D eigenvalue weighted by atomic mass is 9.66. The number of fused-ring (bicyclic) bond motifs is 2. The van der Waals surface area contributed by atoms with Crippen molar-refractivity contribution in [2.24, 2.45) is 17.3 Å². The van der Waals surface area contributed by atoms with E-state index in [-0.39, 0.29) is 64.4 Å². The molecule has 7 aliphatic heterocycles. The molecule has 2 aliphatic carbocycles. The molecule has 13 heteroatoms. The van der Waals surface area contributed by atoms with Crippen LogP contribution in [0.25, 0.3) is 10.9 Å². The lowest BCUT2D eigenvalue weighted by Crippen LogP contribution is -2.51. The zero-order valence-electron chi connectivity index (χ0n) is 26.9. The molecule has 7 bridgehead atoms. The Morgan fingerprint density at radius 2 is 2.02 bits per heavy atom. The molecule has 1 spiro atoms. The summed E-state index contributed by atoms with van der Waals surface area (Å²) in [5.41, 5.74) is 6.95. The molecule has 2 saturated carbocycles. The molecule has 4 saturated heterocycles. The zero-order chi connectivity index (χ0) is 31.8. The van der Waals surface area contributed by atoms with Gasteiger partial charge in [-0.05, 0) is 63.3 Å². The monoisotopic (exact) mass is 673 g/mol. The number of anilines is 1. The Morgan fingerprint density at radius 1 is 1.11 bits per heavy atom. The van der Waals surface area contributed by atoms with E-state index in [0.29, 0.717) is 49.6 Å². The summed E-state index contributed by atoms with van der Waals surface area (Å²) in [6, 6.07) is 0.281. The second kappa shape index (κ2) is 12.1. The SMILES string of the molecule is Fc1c2ncc3c(nc(OC[C@@]45CCCN4C[C@H](F)C5)nc13)N1CCOCC3(CC(C3)OCCCCC3C(Cl)CC4NNCC4C23)C1. The van der Waals surface area contributed by atoms with E-state index in [9.17, 15) is 4.39 Å². The molecule has 6 fully saturated rings. The van der Waals surface area contributed by atoms with Crippen LogP contribution >= 0.6 is 11.6 Å². The van der Waals surface area contributed by atoms with Crippen LogP contribution in [0.3, 0.4) is 0 Å². The first-order valence-electron chi connectivity index (χ1n) is 17.9. The van der Waals surface area contributed by atoms with Gasteiger partial charge >= 0.3 is 6.01 Å². The van der Waals surface area contributed by atoms with Crippen LogP contribution in [-0.2, 0) is 9.47 Å². The van der Waals surface area contributed by atoms with Crippen molar-refractivity contribution < 1.29 is 23.0 Å². The highest BCUT2D eigenvalue weighted by Crippen LogP contribution is 2.50. The smallest absolute Gasteiger partial charge is 0.319 e. The Bertz CT molecular complexity index is 1500. The van der Waals surface area contributed by atoms with E-state index < -0.39 is 12.0 Å². The van der Waals surface area contributed by atoms with Gasteiger partial charge in [0.25, 0.3) is 0 Å². The topological polar surface area (TPSA) is 96.9 Å². The molecule has 0 aromatic carbocycles. The van der Waals surface area contributed by atoms with Crippen LogP contribution in [-0.4, -0.2) is 108 Å². The standard InChI is InChI=1S/C34H46ClF2N7O3/c35-25-10-26-23(15-39-42-26)27-22(25)4-1-2-8-46-21-12-33(13-21)17-43(7-9-45-18-33)31-24-14-38-30(27)28(37)29(24)40-32(41-31)47-19-34-5-3-6-44(34)16-20(36)11-34/h14,20-23,25-27,39,42H,1-13,15-19H2/t20-,21?,22?,23?,25?,26?,27?,33?,34+/m1/s1. The van der Waals surface area contributed by atoms with Crippen molar-refractivity contribution in [2.75, 3.05) is 64.1 Å². The van der Waals surface area contributed by atoms with Crippen LogP contribution in [0.2, 0.25) is 0 Å². The average molecular weight is 674 g/mol. The number of rotatable bonds is 3. The quantitative estimate of drug-likeness (QED) is 0.464. The van der Waals surface area contributed by atoms with E-state index in [4.69, 9.17) is 40.8 Å². The van der Waals surface area contributed by atoms with Crippen molar-refractivity contribution in [3.05, 3.63) is 17.7 Å². The molecule has 2 N–H and O–H groups in total. The fourth-order valence-corrected chi connectivity index (χ4v) is 10.8. The van der Waals surface area contributed by atoms with Crippen LogP contribution in [0, 0.1) is 23.1 Å². The number of alkyl halides is 2. The first-order valence-corrected chi connectivity index (χ1v) is 18.3. The van der Waals surface area contributed by atoms with Gasteiger partial charge in [0.2, 0.25) is 0 Å². The molecule has 0 amide bonds. The number of halogens is 3. The predicted octanol–water partition coefficient (Wildman–Crippen LogP) is 4.11. The second-order valence-electron chi connectivity index (χ2n) is 15.5. The predicted molar refractivity (Wildman–Crippen MR) is 173 cm³/mol. The largest absolute Gasteiger partial charge is 0.461 e. The van der Waals surface area contributed by atoms with Crippen LogP contribution in [0.5, 0.6) is 6.01 Å². The van der Waals surface area contributed by atoms with Gasteiger partial charge in [0.1, 0.15) is 24.1 Å². The second-order valence-corrected chi connectivity index (χ2v) is 16.1. The summed E-state index contributed by atoms with van der Waals surface area (Å²) in [7, 11) is 0. The summed E-state index contributed by atoms with van der Waals surface area (Å²) in [5.74, 6) is 0.268. The van der Waals surface area contributed by atoms with Gasteiger partial charge in [0, 0.05) is 68.2 Å². The van der Waals surface area contributed by atoms with E-state index >= 15 is 4.39 Å². The summed E-state index contributed by atoms with van der Waals surface area (Å²) < 4.78 is 50.7. The Morgan fingerprint density at radius 3 is 2.94 bits per heavy atom. The lowest BCUT2D eigenvalue weighted by molar-refractivity contribution is -0.103. The van der Waals surface area contributed by atoms with Gasteiger partial charge in [-0.15, -0.1) is 11.6 Å². The van der Waals surface area contributed by atoms with Gasteiger partial charge in [0.15, 0.2) is 5.82 Å². The molecule has 0 radical (unpaired) electrons. The fraction of sp³-hybridized carbons (Fsp3) is 0.794. The van der Waals surface area contributed by atoms with Crippen molar-refractivity contribution in [1.82, 2.24) is 30.7 Å². The minimum Gasteiger partial charge on any atom is -0.461 e. The Labute approximate surface area is 279 Å². The Hall–Kier alpha value is -1.96. The van der Waals surface area contributed by atoms with Crippen molar-refractivity contribution >= 4 is 28.3 Å². The summed E-state index contributed by atoms with van der Waals surface area (Å²) in [5, 5.41) is 0.472. The highest BCUT2D eigenvalue weighted by atomic mass is 35.5. The number of hydrogen-bond acceptors (Lipinski definition) is 10. The van der Waals surface area contributed by atoms with E-state index in [1.807, 2.05) is 0 Å². The van der Waals surface area contributed by atoms with Crippen LogP contribution in [0.4, 0.5) is 14.6 Å². The van der Waals surface area contributed by atoms with Gasteiger partial charge in [0.05, 0.1) is 35.9 Å². The molecule has 9 aliphatic rings. The van der Waals surface area contributed by atoms with Crippen molar-refractivity contribution in [1.29, 1.82) is 0 Å². The summed E-state index contributed by atoms with van der Waals surface area (Å²) in [4.78, 5) is 19.1. The summed E-state index contributed by atoms with van der Waals surface area (Å²) in [6.07, 6.45) is 8.94. The minimum absolute atomic E-state index is 0.0547. The third-order valence-electron chi connectivity index (χ3n) is 12.6. The van der Waals surface area contributed by atoms with Crippen molar-refractivity contribution in [3.63, 3.8) is 0 Å².